The number of nitrogens with zero attached hydrogens (tertiary/aromatic N) is 2. The minimum absolute atomic E-state index is 0.192. The van der Waals surface area contributed by atoms with Crippen molar-refractivity contribution >= 4 is 0 Å². The molecule has 0 saturated carbocycles. The van der Waals surface area contributed by atoms with Gasteiger partial charge in [0.25, 0.3) is 0 Å². The van der Waals surface area contributed by atoms with E-state index in [1.165, 1.54) is 12.1 Å². The highest BCUT2D eigenvalue weighted by Gasteiger charge is 2.09. The molecule has 1 atom stereocenters. The summed E-state index contributed by atoms with van der Waals surface area (Å²) in [6, 6.07) is 6.29. The van der Waals surface area contributed by atoms with E-state index in [1.807, 2.05) is 23.9 Å². The van der Waals surface area contributed by atoms with Gasteiger partial charge >= 0.3 is 0 Å². The number of hydrogen-bond acceptors (Lipinski definition) is 2. The summed E-state index contributed by atoms with van der Waals surface area (Å²) in [5.74, 6) is -0.231. The number of nitrogens with two attached hydrogens (primary N) is 1. The van der Waals surface area contributed by atoms with Gasteiger partial charge in [-0.15, -0.1) is 0 Å². The van der Waals surface area contributed by atoms with Crippen molar-refractivity contribution in [3.05, 3.63) is 53.9 Å². The van der Waals surface area contributed by atoms with E-state index in [-0.39, 0.29) is 11.9 Å². The molecular formula is C12H14FN3. The lowest BCUT2D eigenvalue weighted by Gasteiger charge is -2.08. The Hall–Kier alpha value is -1.68. The summed E-state index contributed by atoms with van der Waals surface area (Å²) in [6.45, 7) is 0. The van der Waals surface area contributed by atoms with E-state index in [2.05, 4.69) is 4.98 Å². The van der Waals surface area contributed by atoms with Gasteiger partial charge in [-0.25, -0.2) is 9.37 Å². The lowest BCUT2D eigenvalue weighted by Crippen LogP contribution is -2.13. The van der Waals surface area contributed by atoms with Crippen LogP contribution in [0.4, 0.5) is 4.39 Å². The second-order valence-electron chi connectivity index (χ2n) is 3.90. The molecule has 1 aromatic carbocycles. The van der Waals surface area contributed by atoms with Gasteiger partial charge in [-0.3, -0.25) is 0 Å². The Morgan fingerprint density at radius 1 is 1.50 bits per heavy atom. The Bertz CT molecular complexity index is 479. The first-order chi connectivity index (χ1) is 7.65. The molecule has 84 valence electrons. The van der Waals surface area contributed by atoms with Crippen molar-refractivity contribution in [2.24, 2.45) is 12.8 Å². The van der Waals surface area contributed by atoms with Crippen LogP contribution < -0.4 is 5.73 Å². The molecule has 2 aromatic rings. The van der Waals surface area contributed by atoms with E-state index in [0.29, 0.717) is 6.42 Å². The summed E-state index contributed by atoms with van der Waals surface area (Å²) in [6.07, 6.45) is 4.18. The third kappa shape index (κ3) is 2.46. The predicted octanol–water partition coefficient (Wildman–Crippen LogP) is 1.80. The summed E-state index contributed by atoms with van der Waals surface area (Å²) < 4.78 is 14.8. The Balaban J connectivity index is 2.10. The summed E-state index contributed by atoms with van der Waals surface area (Å²) in [5.41, 5.74) is 7.71. The molecule has 0 fully saturated rings. The molecular weight excluding hydrogens is 205 g/mol. The second kappa shape index (κ2) is 4.45. The average Bonchev–Trinajstić information content (AvgIpc) is 2.65. The van der Waals surface area contributed by atoms with Crippen molar-refractivity contribution in [3.63, 3.8) is 0 Å². The van der Waals surface area contributed by atoms with Gasteiger partial charge in [0.05, 0.1) is 18.1 Å². The fourth-order valence-corrected chi connectivity index (χ4v) is 1.65. The van der Waals surface area contributed by atoms with Gasteiger partial charge in [-0.2, -0.15) is 0 Å². The monoisotopic (exact) mass is 219 g/mol. The number of aromatic nitrogens is 2. The zero-order valence-corrected chi connectivity index (χ0v) is 9.10. The lowest BCUT2D eigenvalue weighted by molar-refractivity contribution is 0.621. The van der Waals surface area contributed by atoms with Crippen LogP contribution in [-0.2, 0) is 13.5 Å². The van der Waals surface area contributed by atoms with Gasteiger partial charge in [0.1, 0.15) is 5.82 Å². The van der Waals surface area contributed by atoms with Crippen molar-refractivity contribution < 1.29 is 4.39 Å². The van der Waals surface area contributed by atoms with Gasteiger partial charge in [0.15, 0.2) is 0 Å². The maximum absolute atomic E-state index is 13.0. The standard InChI is InChI=1S/C12H14FN3/c1-16-7-12(15-8-16)11(14)6-9-3-2-4-10(13)5-9/h2-5,7-8,11H,6,14H2,1H3. The highest BCUT2D eigenvalue weighted by atomic mass is 19.1. The van der Waals surface area contributed by atoms with Crippen molar-refractivity contribution in [1.29, 1.82) is 0 Å². The topological polar surface area (TPSA) is 43.8 Å². The van der Waals surface area contributed by atoms with Crippen LogP contribution in [0.2, 0.25) is 0 Å². The summed E-state index contributed by atoms with van der Waals surface area (Å²) in [4.78, 5) is 4.18. The van der Waals surface area contributed by atoms with Crippen molar-refractivity contribution in [1.82, 2.24) is 9.55 Å². The molecule has 0 spiro atoms. The number of aryl methyl sites for hydroxylation is 1. The van der Waals surface area contributed by atoms with Gasteiger partial charge < -0.3 is 10.3 Å². The Kier molecular flexibility index (Phi) is 3.01. The zero-order chi connectivity index (χ0) is 11.5. The number of hydrogen-bond donors (Lipinski definition) is 1. The summed E-state index contributed by atoms with van der Waals surface area (Å²) >= 11 is 0. The molecule has 1 aromatic heterocycles. The van der Waals surface area contributed by atoms with Crippen LogP contribution >= 0.6 is 0 Å². The number of halogens is 1. The zero-order valence-electron chi connectivity index (χ0n) is 9.10. The molecule has 1 heterocycles. The van der Waals surface area contributed by atoms with E-state index in [4.69, 9.17) is 5.73 Å². The van der Waals surface area contributed by atoms with Crippen molar-refractivity contribution in [2.75, 3.05) is 0 Å². The minimum atomic E-state index is -0.231. The Morgan fingerprint density at radius 3 is 2.94 bits per heavy atom. The fraction of sp³-hybridized carbons (Fsp3) is 0.250. The Morgan fingerprint density at radius 2 is 2.31 bits per heavy atom. The minimum Gasteiger partial charge on any atom is -0.340 e. The molecule has 4 heteroatoms. The predicted molar refractivity (Wildman–Crippen MR) is 60.2 cm³/mol. The molecule has 0 amide bonds. The highest BCUT2D eigenvalue weighted by molar-refractivity contribution is 5.19. The molecule has 0 saturated heterocycles. The average molecular weight is 219 g/mol. The number of rotatable bonds is 3. The number of imidazole rings is 1. The van der Waals surface area contributed by atoms with Crippen LogP contribution in [0, 0.1) is 5.82 Å². The molecule has 3 nitrogen and oxygen atoms in total. The molecule has 0 aliphatic carbocycles. The van der Waals surface area contributed by atoms with E-state index in [0.717, 1.165) is 11.3 Å². The van der Waals surface area contributed by atoms with E-state index in [9.17, 15) is 4.39 Å². The number of benzene rings is 1. The van der Waals surface area contributed by atoms with Crippen LogP contribution in [-0.4, -0.2) is 9.55 Å². The van der Waals surface area contributed by atoms with Gasteiger partial charge in [0, 0.05) is 13.2 Å². The normalized spacial score (nSPS) is 12.7. The van der Waals surface area contributed by atoms with Crippen molar-refractivity contribution in [3.8, 4) is 0 Å². The van der Waals surface area contributed by atoms with Gasteiger partial charge in [-0.05, 0) is 24.1 Å². The smallest absolute Gasteiger partial charge is 0.123 e. The maximum Gasteiger partial charge on any atom is 0.123 e. The van der Waals surface area contributed by atoms with Crippen molar-refractivity contribution in [2.45, 2.75) is 12.5 Å². The summed E-state index contributed by atoms with van der Waals surface area (Å²) in [7, 11) is 1.89. The van der Waals surface area contributed by atoms with Gasteiger partial charge in [0.2, 0.25) is 0 Å². The lowest BCUT2D eigenvalue weighted by atomic mass is 10.0. The first kappa shape index (κ1) is 10.8. The first-order valence-corrected chi connectivity index (χ1v) is 5.13. The Labute approximate surface area is 93.7 Å². The van der Waals surface area contributed by atoms with Crippen LogP contribution in [0.5, 0.6) is 0 Å². The van der Waals surface area contributed by atoms with Crippen LogP contribution in [0.3, 0.4) is 0 Å². The first-order valence-electron chi connectivity index (χ1n) is 5.13. The second-order valence-corrected chi connectivity index (χ2v) is 3.90. The van der Waals surface area contributed by atoms with Gasteiger partial charge in [-0.1, -0.05) is 12.1 Å². The molecule has 0 bridgehead atoms. The largest absolute Gasteiger partial charge is 0.340 e. The quantitative estimate of drug-likeness (QED) is 0.855. The SMILES string of the molecule is Cn1cnc(C(N)Cc2cccc(F)c2)c1. The van der Waals surface area contributed by atoms with E-state index < -0.39 is 0 Å². The molecule has 2 N–H and O–H groups in total. The molecule has 1 unspecified atom stereocenters. The third-order valence-corrected chi connectivity index (χ3v) is 2.45. The molecule has 0 radical (unpaired) electrons. The van der Waals surface area contributed by atoms with Crippen LogP contribution in [0.1, 0.15) is 17.3 Å². The van der Waals surface area contributed by atoms with E-state index in [1.54, 1.807) is 12.4 Å². The molecule has 16 heavy (non-hydrogen) atoms. The summed E-state index contributed by atoms with van der Waals surface area (Å²) in [5, 5.41) is 0. The third-order valence-electron chi connectivity index (χ3n) is 2.45. The maximum atomic E-state index is 13.0. The fourth-order valence-electron chi connectivity index (χ4n) is 1.65. The van der Waals surface area contributed by atoms with E-state index >= 15 is 0 Å². The van der Waals surface area contributed by atoms with Crippen LogP contribution in [0.25, 0.3) is 0 Å². The molecule has 0 aliphatic heterocycles. The highest BCUT2D eigenvalue weighted by Crippen LogP contribution is 2.14. The van der Waals surface area contributed by atoms with Crippen LogP contribution in [0.15, 0.2) is 36.8 Å². The molecule has 0 aliphatic rings. The molecule has 2 rings (SSSR count).